The molecule has 0 radical (unpaired) electrons. The van der Waals surface area contributed by atoms with Gasteiger partial charge in [-0.15, -0.1) is 0 Å². The Bertz CT molecular complexity index is 623. The molecule has 3 rings (SSSR count). The summed E-state index contributed by atoms with van der Waals surface area (Å²) in [5, 5.41) is 3.56. The number of hydrogen-bond donors (Lipinski definition) is 1. The van der Waals surface area contributed by atoms with Gasteiger partial charge in [0.15, 0.2) is 0 Å². The Kier molecular flexibility index (Phi) is 2.67. The highest BCUT2D eigenvalue weighted by atomic mass is 14.9. The van der Waals surface area contributed by atoms with Crippen molar-refractivity contribution < 1.29 is 0 Å². The molecule has 98 valence electrons. The minimum Gasteiger partial charge on any atom is -0.355 e. The highest BCUT2D eigenvalue weighted by Crippen LogP contribution is 2.45. The largest absolute Gasteiger partial charge is 0.355 e. The van der Waals surface area contributed by atoms with Crippen molar-refractivity contribution in [1.29, 1.82) is 0 Å². The van der Waals surface area contributed by atoms with E-state index in [0.717, 1.165) is 0 Å². The molecular weight excluding hydrogens is 230 g/mol. The van der Waals surface area contributed by atoms with E-state index < -0.39 is 0 Å². The van der Waals surface area contributed by atoms with Crippen LogP contribution >= 0.6 is 0 Å². The molecule has 0 bridgehead atoms. The summed E-state index contributed by atoms with van der Waals surface area (Å²) in [6.45, 7) is 9.13. The highest BCUT2D eigenvalue weighted by molar-refractivity contribution is 5.75. The fourth-order valence-corrected chi connectivity index (χ4v) is 2.97. The van der Waals surface area contributed by atoms with Gasteiger partial charge in [-0.3, -0.25) is 0 Å². The van der Waals surface area contributed by atoms with Crippen LogP contribution in [0.15, 0.2) is 42.5 Å². The number of benzene rings is 2. The van der Waals surface area contributed by atoms with Gasteiger partial charge in [-0.05, 0) is 34.7 Å². The fraction of sp³-hybridized carbons (Fsp3) is 0.333. The second-order valence-electron chi connectivity index (χ2n) is 6.26. The van der Waals surface area contributed by atoms with Crippen LogP contribution in [-0.2, 0) is 5.41 Å². The lowest BCUT2D eigenvalue weighted by molar-refractivity contribution is 0.635. The van der Waals surface area contributed by atoms with Gasteiger partial charge in [0, 0.05) is 16.8 Å². The summed E-state index contributed by atoms with van der Waals surface area (Å²) in [7, 11) is 0. The van der Waals surface area contributed by atoms with E-state index in [1.54, 1.807) is 0 Å². The molecular formula is C18H21N. The third kappa shape index (κ3) is 1.85. The van der Waals surface area contributed by atoms with Gasteiger partial charge >= 0.3 is 0 Å². The summed E-state index contributed by atoms with van der Waals surface area (Å²) >= 11 is 0. The van der Waals surface area contributed by atoms with Crippen molar-refractivity contribution in [3.63, 3.8) is 0 Å². The van der Waals surface area contributed by atoms with Crippen LogP contribution in [0.3, 0.4) is 0 Å². The maximum Gasteiger partial charge on any atom is 0.0426 e. The lowest BCUT2D eigenvalue weighted by Gasteiger charge is -2.36. The highest BCUT2D eigenvalue weighted by Gasteiger charge is 2.32. The molecule has 1 aliphatic rings. The summed E-state index contributed by atoms with van der Waals surface area (Å²) in [5.74, 6) is 0.568. The van der Waals surface area contributed by atoms with E-state index >= 15 is 0 Å². The first-order valence-electron chi connectivity index (χ1n) is 7.01. The van der Waals surface area contributed by atoms with Crippen LogP contribution in [0.1, 0.15) is 50.3 Å². The molecule has 2 aromatic carbocycles. The van der Waals surface area contributed by atoms with E-state index in [2.05, 4.69) is 75.5 Å². The van der Waals surface area contributed by atoms with Crippen LogP contribution in [-0.4, -0.2) is 0 Å². The first-order chi connectivity index (χ1) is 9.00. The van der Waals surface area contributed by atoms with Crippen LogP contribution in [0.4, 0.5) is 11.4 Å². The topological polar surface area (TPSA) is 12.0 Å². The molecule has 2 aromatic rings. The van der Waals surface area contributed by atoms with Crippen LogP contribution in [0.5, 0.6) is 0 Å². The number of fused-ring (bicyclic) bond motifs is 2. The minimum absolute atomic E-state index is 0.0576. The molecule has 0 amide bonds. The van der Waals surface area contributed by atoms with Crippen molar-refractivity contribution in [2.75, 3.05) is 5.32 Å². The Balaban J connectivity index is 2.20. The van der Waals surface area contributed by atoms with Crippen LogP contribution in [0.25, 0.3) is 0 Å². The number of rotatable bonds is 1. The van der Waals surface area contributed by atoms with E-state index in [1.165, 1.54) is 28.1 Å². The number of anilines is 2. The summed E-state index contributed by atoms with van der Waals surface area (Å²) < 4.78 is 0. The number of hydrogen-bond acceptors (Lipinski definition) is 1. The zero-order valence-electron chi connectivity index (χ0n) is 12.1. The lowest BCUT2D eigenvalue weighted by atomic mass is 9.73. The normalized spacial score (nSPS) is 15.6. The minimum atomic E-state index is 0.0576. The molecule has 0 unspecified atom stereocenters. The van der Waals surface area contributed by atoms with Crippen molar-refractivity contribution in [2.45, 2.75) is 39.0 Å². The first kappa shape index (κ1) is 12.3. The van der Waals surface area contributed by atoms with Gasteiger partial charge in [0.25, 0.3) is 0 Å². The third-order valence-electron chi connectivity index (χ3n) is 4.25. The zero-order chi connectivity index (χ0) is 13.6. The summed E-state index contributed by atoms with van der Waals surface area (Å²) in [5.41, 5.74) is 6.72. The molecule has 0 saturated carbocycles. The van der Waals surface area contributed by atoms with Crippen LogP contribution < -0.4 is 5.32 Å². The monoisotopic (exact) mass is 251 g/mol. The van der Waals surface area contributed by atoms with E-state index in [0.29, 0.717) is 5.92 Å². The molecule has 1 nitrogen and oxygen atoms in total. The van der Waals surface area contributed by atoms with E-state index in [-0.39, 0.29) is 5.41 Å². The Labute approximate surface area is 115 Å². The van der Waals surface area contributed by atoms with Gasteiger partial charge in [0.05, 0.1) is 0 Å². The first-order valence-corrected chi connectivity index (χ1v) is 7.01. The molecule has 1 heterocycles. The average molecular weight is 251 g/mol. The molecule has 1 aliphatic heterocycles. The maximum absolute atomic E-state index is 3.56. The van der Waals surface area contributed by atoms with E-state index in [9.17, 15) is 0 Å². The second-order valence-corrected chi connectivity index (χ2v) is 6.26. The lowest BCUT2D eigenvalue weighted by Crippen LogP contribution is -2.26. The molecule has 0 fully saturated rings. The molecule has 0 saturated heterocycles. The fourth-order valence-electron chi connectivity index (χ4n) is 2.97. The van der Waals surface area contributed by atoms with Gasteiger partial charge in [-0.2, -0.15) is 0 Å². The molecule has 1 heteroatoms. The molecule has 0 aliphatic carbocycles. The molecule has 19 heavy (non-hydrogen) atoms. The smallest absolute Gasteiger partial charge is 0.0426 e. The molecule has 0 atom stereocenters. The summed E-state index contributed by atoms with van der Waals surface area (Å²) in [6.07, 6.45) is 0. The van der Waals surface area contributed by atoms with E-state index in [4.69, 9.17) is 0 Å². The summed E-state index contributed by atoms with van der Waals surface area (Å²) in [6, 6.07) is 15.4. The van der Waals surface area contributed by atoms with Gasteiger partial charge in [0.2, 0.25) is 0 Å². The van der Waals surface area contributed by atoms with Crippen molar-refractivity contribution in [1.82, 2.24) is 0 Å². The quantitative estimate of drug-likeness (QED) is 0.735. The van der Waals surface area contributed by atoms with Gasteiger partial charge in [-0.25, -0.2) is 0 Å². The van der Waals surface area contributed by atoms with Crippen molar-refractivity contribution in [2.24, 2.45) is 0 Å². The van der Waals surface area contributed by atoms with Crippen molar-refractivity contribution in [3.8, 4) is 0 Å². The molecule has 0 aromatic heterocycles. The van der Waals surface area contributed by atoms with Gasteiger partial charge < -0.3 is 5.32 Å². The van der Waals surface area contributed by atoms with Crippen molar-refractivity contribution in [3.05, 3.63) is 59.2 Å². The Hall–Kier alpha value is -1.76. The Morgan fingerprint density at radius 2 is 1.58 bits per heavy atom. The summed E-state index contributed by atoms with van der Waals surface area (Å²) in [4.78, 5) is 0. The van der Waals surface area contributed by atoms with Crippen LogP contribution in [0, 0.1) is 0 Å². The average Bonchev–Trinajstić information content (AvgIpc) is 2.38. The Morgan fingerprint density at radius 1 is 0.895 bits per heavy atom. The molecule has 1 N–H and O–H groups in total. The van der Waals surface area contributed by atoms with Crippen molar-refractivity contribution >= 4 is 11.4 Å². The standard InChI is InChI=1S/C18H21N/c1-12(2)13-9-10-17-15(11-13)18(3,4)14-7-5-6-8-16(14)19-17/h5-12,19H,1-4H3. The van der Waals surface area contributed by atoms with Gasteiger partial charge in [-0.1, -0.05) is 58.0 Å². The Morgan fingerprint density at radius 3 is 2.32 bits per heavy atom. The second kappa shape index (κ2) is 4.12. The molecule has 0 spiro atoms. The third-order valence-corrected chi connectivity index (χ3v) is 4.25. The number of nitrogens with one attached hydrogen (secondary N) is 1. The van der Waals surface area contributed by atoms with E-state index in [1.807, 2.05) is 0 Å². The number of para-hydroxylation sites is 1. The maximum atomic E-state index is 3.56. The predicted molar refractivity (Wildman–Crippen MR) is 82.4 cm³/mol. The SMILES string of the molecule is CC(C)c1ccc2c(c1)C(C)(C)c1ccccc1N2. The zero-order valence-corrected chi connectivity index (χ0v) is 12.1. The van der Waals surface area contributed by atoms with Crippen LogP contribution in [0.2, 0.25) is 0 Å². The predicted octanol–water partition coefficient (Wildman–Crippen LogP) is 5.19. The van der Waals surface area contributed by atoms with Gasteiger partial charge in [0.1, 0.15) is 0 Å².